The minimum Gasteiger partial charge on any atom is -0.303 e. The number of hydrogen-bond acceptors (Lipinski definition) is 1. The number of rotatable bonds is 5. The van der Waals surface area contributed by atoms with Crippen LogP contribution in [0.2, 0.25) is 0 Å². The van der Waals surface area contributed by atoms with Crippen LogP contribution >= 0.6 is 0 Å². The van der Waals surface area contributed by atoms with Crippen LogP contribution in [0.1, 0.15) is 53.4 Å². The monoisotopic (exact) mass is 234 g/mol. The summed E-state index contributed by atoms with van der Waals surface area (Å²) in [7, 11) is 0. The Hall–Kier alpha value is -0.590. The SMILES string of the molecule is CCCC1[C@H]2C[C@H](C=C2C)C1(C=O)CC(C)C. The van der Waals surface area contributed by atoms with E-state index in [1.54, 1.807) is 5.57 Å². The van der Waals surface area contributed by atoms with Crippen LogP contribution in [-0.2, 0) is 4.79 Å². The molecule has 2 rings (SSSR count). The second-order valence-electron chi connectivity index (χ2n) is 6.58. The lowest BCUT2D eigenvalue weighted by atomic mass is 9.63. The highest BCUT2D eigenvalue weighted by molar-refractivity contribution is 5.64. The predicted molar refractivity (Wildman–Crippen MR) is 71.7 cm³/mol. The van der Waals surface area contributed by atoms with Crippen LogP contribution in [0.15, 0.2) is 11.6 Å². The lowest BCUT2D eigenvalue weighted by Crippen LogP contribution is -2.38. The molecule has 1 fully saturated rings. The fourth-order valence-corrected chi connectivity index (χ4v) is 4.49. The number of allylic oxidation sites excluding steroid dienone is 2. The maximum atomic E-state index is 11.8. The Labute approximate surface area is 106 Å². The molecule has 0 aromatic heterocycles. The molecule has 0 spiro atoms. The van der Waals surface area contributed by atoms with E-state index >= 15 is 0 Å². The Kier molecular flexibility index (Phi) is 3.47. The summed E-state index contributed by atoms with van der Waals surface area (Å²) < 4.78 is 0. The number of fused-ring (bicyclic) bond motifs is 2. The third-order valence-electron chi connectivity index (χ3n) is 5.00. The van der Waals surface area contributed by atoms with E-state index in [-0.39, 0.29) is 5.41 Å². The van der Waals surface area contributed by atoms with Crippen molar-refractivity contribution in [3.05, 3.63) is 11.6 Å². The maximum absolute atomic E-state index is 11.8. The summed E-state index contributed by atoms with van der Waals surface area (Å²) in [6.45, 7) is 9.00. The molecule has 2 unspecified atom stereocenters. The van der Waals surface area contributed by atoms with E-state index in [1.807, 2.05) is 0 Å². The van der Waals surface area contributed by atoms with Gasteiger partial charge in [0.2, 0.25) is 0 Å². The van der Waals surface area contributed by atoms with E-state index in [1.165, 1.54) is 25.5 Å². The third-order valence-corrected chi connectivity index (χ3v) is 5.00. The molecule has 0 heterocycles. The largest absolute Gasteiger partial charge is 0.303 e. The van der Waals surface area contributed by atoms with E-state index in [2.05, 4.69) is 33.8 Å². The van der Waals surface area contributed by atoms with Crippen LogP contribution in [0.5, 0.6) is 0 Å². The lowest BCUT2D eigenvalue weighted by Gasteiger charge is -2.40. The van der Waals surface area contributed by atoms with Crippen molar-refractivity contribution in [3.63, 3.8) is 0 Å². The first kappa shape index (κ1) is 12.9. The Morgan fingerprint density at radius 1 is 1.53 bits per heavy atom. The van der Waals surface area contributed by atoms with Crippen molar-refractivity contribution in [2.45, 2.75) is 53.4 Å². The summed E-state index contributed by atoms with van der Waals surface area (Å²) in [6, 6.07) is 0. The normalized spacial score (nSPS) is 39.8. The molecule has 0 N–H and O–H groups in total. The average molecular weight is 234 g/mol. The quantitative estimate of drug-likeness (QED) is 0.514. The molecular formula is C16H26O. The molecule has 2 aliphatic carbocycles. The summed E-state index contributed by atoms with van der Waals surface area (Å²) in [5.41, 5.74) is 1.52. The zero-order valence-corrected chi connectivity index (χ0v) is 11.7. The van der Waals surface area contributed by atoms with E-state index in [4.69, 9.17) is 0 Å². The van der Waals surface area contributed by atoms with Crippen LogP contribution in [-0.4, -0.2) is 6.29 Å². The zero-order valence-electron chi connectivity index (χ0n) is 11.7. The van der Waals surface area contributed by atoms with Crippen molar-refractivity contribution in [3.8, 4) is 0 Å². The standard InChI is InChI=1S/C16H26O/c1-5-6-15-14-8-13(7-12(14)4)16(15,10-17)9-11(2)3/h7,10-11,13-15H,5-6,8-9H2,1-4H3/t13-,14-,15?,16?/m0/s1. The molecule has 1 heteroatoms. The molecular weight excluding hydrogens is 208 g/mol. The van der Waals surface area contributed by atoms with Gasteiger partial charge in [0.1, 0.15) is 6.29 Å². The lowest BCUT2D eigenvalue weighted by molar-refractivity contribution is -0.121. The first-order chi connectivity index (χ1) is 8.05. The van der Waals surface area contributed by atoms with Crippen molar-refractivity contribution in [2.75, 3.05) is 0 Å². The Bertz CT molecular complexity index is 328. The van der Waals surface area contributed by atoms with Crippen molar-refractivity contribution >= 4 is 6.29 Å². The Morgan fingerprint density at radius 2 is 2.24 bits per heavy atom. The number of carbonyl (C=O) groups excluding carboxylic acids is 1. The molecule has 1 saturated carbocycles. The molecule has 2 aliphatic rings. The van der Waals surface area contributed by atoms with Gasteiger partial charge in [-0.2, -0.15) is 0 Å². The molecule has 17 heavy (non-hydrogen) atoms. The van der Waals surface area contributed by atoms with Gasteiger partial charge in [0.15, 0.2) is 0 Å². The van der Waals surface area contributed by atoms with Crippen LogP contribution in [0.3, 0.4) is 0 Å². The smallest absolute Gasteiger partial charge is 0.127 e. The van der Waals surface area contributed by atoms with Gasteiger partial charge in [-0.3, -0.25) is 0 Å². The number of carbonyl (C=O) groups is 1. The van der Waals surface area contributed by atoms with Crippen molar-refractivity contribution < 1.29 is 4.79 Å². The summed E-state index contributed by atoms with van der Waals surface area (Å²) in [4.78, 5) is 11.8. The second-order valence-corrected chi connectivity index (χ2v) is 6.58. The van der Waals surface area contributed by atoms with Gasteiger partial charge in [-0.1, -0.05) is 38.8 Å². The minimum atomic E-state index is -0.0334. The third kappa shape index (κ3) is 1.88. The maximum Gasteiger partial charge on any atom is 0.127 e. The zero-order chi connectivity index (χ0) is 12.6. The highest BCUT2D eigenvalue weighted by Gasteiger charge is 2.56. The van der Waals surface area contributed by atoms with Gasteiger partial charge in [-0.05, 0) is 49.9 Å². The molecule has 4 atom stereocenters. The summed E-state index contributed by atoms with van der Waals surface area (Å²) in [6.07, 6.45) is 8.45. The number of aldehydes is 1. The van der Waals surface area contributed by atoms with Crippen LogP contribution in [0.4, 0.5) is 0 Å². The molecule has 0 aliphatic heterocycles. The Balaban J connectivity index is 2.32. The topological polar surface area (TPSA) is 17.1 Å². The van der Waals surface area contributed by atoms with Gasteiger partial charge in [0.25, 0.3) is 0 Å². The summed E-state index contributed by atoms with van der Waals surface area (Å²) in [5.74, 6) is 2.46. The van der Waals surface area contributed by atoms with E-state index < -0.39 is 0 Å². The predicted octanol–water partition coefficient (Wildman–Crippen LogP) is 4.23. The van der Waals surface area contributed by atoms with Gasteiger partial charge in [-0.15, -0.1) is 0 Å². The summed E-state index contributed by atoms with van der Waals surface area (Å²) in [5, 5.41) is 0. The molecule has 0 aromatic rings. The van der Waals surface area contributed by atoms with Crippen LogP contribution in [0, 0.1) is 29.1 Å². The first-order valence-corrected chi connectivity index (χ1v) is 7.19. The van der Waals surface area contributed by atoms with E-state index in [0.29, 0.717) is 23.7 Å². The van der Waals surface area contributed by atoms with Gasteiger partial charge >= 0.3 is 0 Å². The Morgan fingerprint density at radius 3 is 2.76 bits per heavy atom. The molecule has 0 saturated heterocycles. The van der Waals surface area contributed by atoms with Crippen molar-refractivity contribution in [2.24, 2.45) is 29.1 Å². The van der Waals surface area contributed by atoms with E-state index in [0.717, 1.165) is 6.42 Å². The number of hydrogen-bond donors (Lipinski definition) is 0. The average Bonchev–Trinajstić information content (AvgIpc) is 2.76. The molecule has 0 amide bonds. The van der Waals surface area contributed by atoms with Crippen LogP contribution in [0.25, 0.3) is 0 Å². The van der Waals surface area contributed by atoms with Gasteiger partial charge in [-0.25, -0.2) is 0 Å². The van der Waals surface area contributed by atoms with E-state index in [9.17, 15) is 4.79 Å². The highest BCUT2D eigenvalue weighted by Crippen LogP contribution is 2.61. The molecule has 2 bridgehead atoms. The van der Waals surface area contributed by atoms with Crippen molar-refractivity contribution in [1.29, 1.82) is 0 Å². The van der Waals surface area contributed by atoms with Crippen LogP contribution < -0.4 is 0 Å². The van der Waals surface area contributed by atoms with Gasteiger partial charge < -0.3 is 4.79 Å². The molecule has 96 valence electrons. The second kappa shape index (κ2) is 4.59. The fourth-order valence-electron chi connectivity index (χ4n) is 4.49. The molecule has 1 nitrogen and oxygen atoms in total. The molecule has 0 radical (unpaired) electrons. The molecule has 0 aromatic carbocycles. The first-order valence-electron chi connectivity index (χ1n) is 7.19. The highest BCUT2D eigenvalue weighted by atomic mass is 16.1. The summed E-state index contributed by atoms with van der Waals surface area (Å²) >= 11 is 0. The van der Waals surface area contributed by atoms with Gasteiger partial charge in [0, 0.05) is 5.41 Å². The van der Waals surface area contributed by atoms with Gasteiger partial charge in [0.05, 0.1) is 0 Å². The fraction of sp³-hybridized carbons (Fsp3) is 0.812. The minimum absolute atomic E-state index is 0.0334. The van der Waals surface area contributed by atoms with Crippen molar-refractivity contribution in [1.82, 2.24) is 0 Å².